The van der Waals surface area contributed by atoms with Crippen molar-refractivity contribution in [2.24, 2.45) is 0 Å². The summed E-state index contributed by atoms with van der Waals surface area (Å²) in [6.07, 6.45) is 3.13. The second-order valence-electron chi connectivity index (χ2n) is 5.11. The highest BCUT2D eigenvalue weighted by atomic mass is 35.5. The van der Waals surface area contributed by atoms with Crippen LogP contribution in [0.5, 0.6) is 5.75 Å². The van der Waals surface area contributed by atoms with Gasteiger partial charge in [0.15, 0.2) is 5.78 Å². The van der Waals surface area contributed by atoms with Gasteiger partial charge in [-0.3, -0.25) is 4.79 Å². The zero-order valence-electron chi connectivity index (χ0n) is 13.0. The fourth-order valence-corrected chi connectivity index (χ4v) is 2.49. The number of furan rings is 1. The minimum atomic E-state index is -0.103. The van der Waals surface area contributed by atoms with Gasteiger partial charge in [-0.2, -0.15) is 0 Å². The lowest BCUT2D eigenvalue weighted by Crippen LogP contribution is -1.93. The second kappa shape index (κ2) is 7.20. The molecule has 2 aromatic carbocycles. The molecule has 120 valence electrons. The van der Waals surface area contributed by atoms with Gasteiger partial charge in [0.05, 0.1) is 12.1 Å². The molecule has 0 bridgehead atoms. The molecule has 4 heteroatoms. The molecule has 0 unspecified atom stereocenters. The number of hydrogen-bond acceptors (Lipinski definition) is 3. The molecular weight excluding hydrogens is 324 g/mol. The quantitative estimate of drug-likeness (QED) is 0.455. The number of benzene rings is 2. The fourth-order valence-electron chi connectivity index (χ4n) is 2.26. The van der Waals surface area contributed by atoms with Crippen molar-refractivity contribution < 1.29 is 13.9 Å². The lowest BCUT2D eigenvalue weighted by atomic mass is 10.1. The van der Waals surface area contributed by atoms with Crippen LogP contribution < -0.4 is 4.74 Å². The Morgan fingerprint density at radius 3 is 2.50 bits per heavy atom. The van der Waals surface area contributed by atoms with Crippen LogP contribution in [0.3, 0.4) is 0 Å². The van der Waals surface area contributed by atoms with Gasteiger partial charge < -0.3 is 9.15 Å². The van der Waals surface area contributed by atoms with Gasteiger partial charge in [-0.1, -0.05) is 23.7 Å². The third-order valence-corrected chi connectivity index (χ3v) is 3.87. The SMILES string of the molecule is COc1ccc(C(=O)C=Cc2ccc(-c3ccccc3Cl)o2)cc1. The van der Waals surface area contributed by atoms with E-state index in [-0.39, 0.29) is 5.78 Å². The van der Waals surface area contributed by atoms with Crippen molar-refractivity contribution in [3.63, 3.8) is 0 Å². The molecule has 1 heterocycles. The van der Waals surface area contributed by atoms with E-state index in [1.165, 1.54) is 6.08 Å². The molecule has 1 aromatic heterocycles. The molecule has 3 nitrogen and oxygen atoms in total. The second-order valence-corrected chi connectivity index (χ2v) is 5.52. The van der Waals surface area contributed by atoms with Gasteiger partial charge in [0.25, 0.3) is 0 Å². The van der Waals surface area contributed by atoms with Gasteiger partial charge in [0.1, 0.15) is 17.3 Å². The lowest BCUT2D eigenvalue weighted by Gasteiger charge is -2.00. The average Bonchev–Trinajstić information content (AvgIpc) is 3.09. The van der Waals surface area contributed by atoms with Gasteiger partial charge in [-0.05, 0) is 60.7 Å². The highest BCUT2D eigenvalue weighted by Gasteiger charge is 2.07. The van der Waals surface area contributed by atoms with E-state index in [4.69, 9.17) is 20.8 Å². The van der Waals surface area contributed by atoms with Crippen molar-refractivity contribution in [2.45, 2.75) is 0 Å². The molecule has 0 aliphatic carbocycles. The third-order valence-electron chi connectivity index (χ3n) is 3.54. The molecule has 0 radical (unpaired) electrons. The minimum absolute atomic E-state index is 0.103. The average molecular weight is 339 g/mol. The summed E-state index contributed by atoms with van der Waals surface area (Å²) in [5, 5.41) is 0.622. The maximum absolute atomic E-state index is 12.2. The monoisotopic (exact) mass is 338 g/mol. The first-order valence-electron chi connectivity index (χ1n) is 7.38. The van der Waals surface area contributed by atoms with Crippen molar-refractivity contribution in [1.82, 2.24) is 0 Å². The highest BCUT2D eigenvalue weighted by molar-refractivity contribution is 6.33. The van der Waals surface area contributed by atoms with Crippen LogP contribution in [0.15, 0.2) is 71.2 Å². The molecule has 0 fully saturated rings. The number of ketones is 1. The fraction of sp³-hybridized carbons (Fsp3) is 0.0500. The number of methoxy groups -OCH3 is 1. The van der Waals surface area contributed by atoms with Crippen LogP contribution in [0.1, 0.15) is 16.1 Å². The largest absolute Gasteiger partial charge is 0.497 e. The molecule has 0 spiro atoms. The Labute approximate surface area is 145 Å². The first-order chi connectivity index (χ1) is 11.7. The molecule has 0 aliphatic heterocycles. The van der Waals surface area contributed by atoms with Crippen LogP contribution in [-0.2, 0) is 0 Å². The van der Waals surface area contributed by atoms with E-state index in [1.807, 2.05) is 30.3 Å². The van der Waals surface area contributed by atoms with E-state index in [0.717, 1.165) is 5.56 Å². The molecule has 3 rings (SSSR count). The van der Waals surface area contributed by atoms with Gasteiger partial charge in [0.2, 0.25) is 0 Å². The van der Waals surface area contributed by atoms with Gasteiger partial charge in [0, 0.05) is 11.1 Å². The van der Waals surface area contributed by atoms with E-state index in [0.29, 0.717) is 27.9 Å². The molecule has 24 heavy (non-hydrogen) atoms. The van der Waals surface area contributed by atoms with E-state index in [1.54, 1.807) is 43.5 Å². The number of ether oxygens (including phenoxy) is 1. The van der Waals surface area contributed by atoms with Gasteiger partial charge in [-0.25, -0.2) is 0 Å². The molecule has 0 saturated heterocycles. The third kappa shape index (κ3) is 3.58. The maximum Gasteiger partial charge on any atom is 0.185 e. The number of halogens is 1. The molecule has 0 N–H and O–H groups in total. The molecule has 3 aromatic rings. The smallest absolute Gasteiger partial charge is 0.185 e. The van der Waals surface area contributed by atoms with E-state index < -0.39 is 0 Å². The topological polar surface area (TPSA) is 39.4 Å². The Kier molecular flexibility index (Phi) is 4.82. The van der Waals surface area contributed by atoms with Gasteiger partial charge >= 0.3 is 0 Å². The summed E-state index contributed by atoms with van der Waals surface area (Å²) in [5.74, 6) is 1.86. The highest BCUT2D eigenvalue weighted by Crippen LogP contribution is 2.29. The molecular formula is C20H15ClO3. The summed E-state index contributed by atoms with van der Waals surface area (Å²) in [6, 6.07) is 18.0. The standard InChI is InChI=1S/C20H15ClO3/c1-23-15-8-6-14(7-9-15)19(22)12-10-16-11-13-20(24-16)17-4-2-3-5-18(17)21/h2-13H,1H3. The molecule has 0 atom stereocenters. The van der Waals surface area contributed by atoms with Gasteiger partial charge in [-0.15, -0.1) is 0 Å². The summed E-state index contributed by atoms with van der Waals surface area (Å²) in [5.41, 5.74) is 1.41. The number of hydrogen-bond donors (Lipinski definition) is 0. The maximum atomic E-state index is 12.2. The number of carbonyl (C=O) groups is 1. The Morgan fingerprint density at radius 1 is 1.04 bits per heavy atom. The number of rotatable bonds is 5. The Hall–Kier alpha value is -2.78. The van der Waals surface area contributed by atoms with E-state index in [2.05, 4.69) is 0 Å². The van der Waals surface area contributed by atoms with Crippen LogP contribution in [0.4, 0.5) is 0 Å². The summed E-state index contributed by atoms with van der Waals surface area (Å²) in [4.78, 5) is 12.2. The summed E-state index contributed by atoms with van der Waals surface area (Å²) < 4.78 is 10.8. The summed E-state index contributed by atoms with van der Waals surface area (Å²) in [6.45, 7) is 0. The van der Waals surface area contributed by atoms with Crippen molar-refractivity contribution in [1.29, 1.82) is 0 Å². The normalized spacial score (nSPS) is 10.9. The zero-order valence-corrected chi connectivity index (χ0v) is 13.8. The van der Waals surface area contributed by atoms with Crippen LogP contribution in [0, 0.1) is 0 Å². The zero-order chi connectivity index (χ0) is 16.9. The predicted molar refractivity (Wildman–Crippen MR) is 95.5 cm³/mol. The Morgan fingerprint density at radius 2 is 1.79 bits per heavy atom. The lowest BCUT2D eigenvalue weighted by molar-refractivity contribution is 0.104. The molecule has 0 aliphatic rings. The Bertz CT molecular complexity index is 876. The first-order valence-corrected chi connectivity index (χ1v) is 7.76. The number of allylic oxidation sites excluding steroid dienone is 1. The first kappa shape index (κ1) is 16.1. The van der Waals surface area contributed by atoms with E-state index >= 15 is 0 Å². The predicted octanol–water partition coefficient (Wildman–Crippen LogP) is 5.50. The van der Waals surface area contributed by atoms with Crippen molar-refractivity contribution in [3.05, 3.63) is 83.1 Å². The van der Waals surface area contributed by atoms with Crippen LogP contribution in [0.25, 0.3) is 17.4 Å². The van der Waals surface area contributed by atoms with Crippen molar-refractivity contribution in [2.75, 3.05) is 7.11 Å². The van der Waals surface area contributed by atoms with Crippen LogP contribution in [-0.4, -0.2) is 12.9 Å². The molecule has 0 saturated carbocycles. The number of carbonyl (C=O) groups excluding carboxylic acids is 1. The van der Waals surface area contributed by atoms with E-state index in [9.17, 15) is 4.79 Å². The van der Waals surface area contributed by atoms with Crippen molar-refractivity contribution >= 4 is 23.5 Å². The van der Waals surface area contributed by atoms with Crippen LogP contribution in [0.2, 0.25) is 5.02 Å². The van der Waals surface area contributed by atoms with Crippen molar-refractivity contribution in [3.8, 4) is 17.1 Å². The summed E-state index contributed by atoms with van der Waals surface area (Å²) >= 11 is 6.16. The molecule has 0 amide bonds. The Balaban J connectivity index is 1.75. The summed E-state index contributed by atoms with van der Waals surface area (Å²) in [7, 11) is 1.59. The minimum Gasteiger partial charge on any atom is -0.497 e. The van der Waals surface area contributed by atoms with Crippen LogP contribution >= 0.6 is 11.6 Å².